The van der Waals surface area contributed by atoms with E-state index in [1.165, 1.54) is 0 Å². The van der Waals surface area contributed by atoms with E-state index in [1.807, 2.05) is 0 Å². The monoisotopic (exact) mass is 276 g/mol. The van der Waals surface area contributed by atoms with E-state index in [-0.39, 0.29) is 5.78 Å². The number of esters is 2. The predicted molar refractivity (Wildman–Crippen MR) is 65.1 cm³/mol. The van der Waals surface area contributed by atoms with Gasteiger partial charge >= 0.3 is 11.9 Å². The Morgan fingerprint density at radius 2 is 1.75 bits per heavy atom. The molecule has 1 aliphatic carbocycles. The molecule has 2 unspecified atom stereocenters. The Morgan fingerprint density at radius 1 is 1.15 bits per heavy atom. The van der Waals surface area contributed by atoms with Crippen LogP contribution in [0.2, 0.25) is 0 Å². The normalized spacial score (nSPS) is 24.8. The summed E-state index contributed by atoms with van der Waals surface area (Å²) in [6, 6.07) is 6.64. The van der Waals surface area contributed by atoms with Gasteiger partial charge in [0.1, 0.15) is 11.9 Å². The minimum absolute atomic E-state index is 0.298. The zero-order valence-corrected chi connectivity index (χ0v) is 10.9. The average Bonchev–Trinajstić information content (AvgIpc) is 3.16. The van der Waals surface area contributed by atoms with Gasteiger partial charge in [-0.05, 0) is 12.1 Å². The molecule has 0 amide bonds. The summed E-state index contributed by atoms with van der Waals surface area (Å²) in [5.74, 6) is -2.42. The maximum absolute atomic E-state index is 12.4. The second-order valence-corrected chi connectivity index (χ2v) is 4.73. The lowest BCUT2D eigenvalue weighted by molar-refractivity contribution is -0.163. The summed E-state index contributed by atoms with van der Waals surface area (Å²) in [6.45, 7) is 0. The standard InChI is InChI=1S/C14H12O6/c1-18-12(16)14(13(17)19-2)9-10(15)7-5-3-4-6-8(7)20-11(9)14/h3-6,9,11H,1-2H3. The fraction of sp³-hybridized carbons (Fsp3) is 0.357. The molecule has 3 rings (SSSR count). The molecule has 6 nitrogen and oxygen atoms in total. The van der Waals surface area contributed by atoms with Crippen LogP contribution in [0.4, 0.5) is 0 Å². The fourth-order valence-electron chi connectivity index (χ4n) is 2.85. The topological polar surface area (TPSA) is 78.9 Å². The molecule has 0 N–H and O–H groups in total. The van der Waals surface area contributed by atoms with Gasteiger partial charge in [-0.15, -0.1) is 0 Å². The molecule has 2 aliphatic rings. The lowest BCUT2D eigenvalue weighted by atomic mass is 9.98. The van der Waals surface area contributed by atoms with Gasteiger partial charge in [0.15, 0.2) is 5.78 Å². The Hall–Kier alpha value is -2.37. The number of benzene rings is 1. The van der Waals surface area contributed by atoms with Crippen LogP contribution in [0.15, 0.2) is 24.3 Å². The summed E-state index contributed by atoms with van der Waals surface area (Å²) < 4.78 is 15.0. The highest BCUT2D eigenvalue weighted by Gasteiger charge is 2.83. The maximum atomic E-state index is 12.4. The molecule has 6 heteroatoms. The van der Waals surface area contributed by atoms with E-state index in [1.54, 1.807) is 24.3 Å². The summed E-state index contributed by atoms with van der Waals surface area (Å²) >= 11 is 0. The predicted octanol–water partition coefficient (Wildman–Crippen LogP) is 0.592. The molecular weight excluding hydrogens is 264 g/mol. The number of hydrogen-bond acceptors (Lipinski definition) is 6. The quantitative estimate of drug-likeness (QED) is 0.581. The third-order valence-electron chi connectivity index (χ3n) is 3.87. The third kappa shape index (κ3) is 1.31. The molecule has 1 aliphatic heterocycles. The average molecular weight is 276 g/mol. The van der Waals surface area contributed by atoms with Crippen LogP contribution in [-0.4, -0.2) is 38.0 Å². The van der Waals surface area contributed by atoms with Crippen LogP contribution in [-0.2, 0) is 19.1 Å². The van der Waals surface area contributed by atoms with Crippen LogP contribution >= 0.6 is 0 Å². The molecule has 0 spiro atoms. The summed E-state index contributed by atoms with van der Waals surface area (Å²) in [4.78, 5) is 36.4. The van der Waals surface area contributed by atoms with Crippen LogP contribution in [0.1, 0.15) is 10.4 Å². The van der Waals surface area contributed by atoms with Crippen LogP contribution < -0.4 is 4.74 Å². The van der Waals surface area contributed by atoms with Gasteiger partial charge in [0, 0.05) is 0 Å². The number of fused-ring (bicyclic) bond motifs is 2. The Kier molecular flexibility index (Phi) is 2.57. The van der Waals surface area contributed by atoms with Crippen molar-refractivity contribution in [1.29, 1.82) is 0 Å². The van der Waals surface area contributed by atoms with Gasteiger partial charge < -0.3 is 14.2 Å². The van der Waals surface area contributed by atoms with Gasteiger partial charge in [-0.3, -0.25) is 14.4 Å². The zero-order valence-electron chi connectivity index (χ0n) is 10.9. The van der Waals surface area contributed by atoms with Gasteiger partial charge in [0.2, 0.25) is 5.41 Å². The van der Waals surface area contributed by atoms with Crippen molar-refractivity contribution in [3.8, 4) is 5.75 Å². The Bertz CT molecular complexity index is 604. The number of ketones is 1. The molecule has 1 saturated carbocycles. The second kappa shape index (κ2) is 4.06. The number of Topliss-reactive ketones (excluding diaryl/α,β-unsaturated/α-hetero) is 1. The second-order valence-electron chi connectivity index (χ2n) is 4.73. The van der Waals surface area contributed by atoms with E-state index in [0.29, 0.717) is 11.3 Å². The molecule has 1 aromatic rings. The first kappa shape index (κ1) is 12.7. The molecule has 2 atom stereocenters. The van der Waals surface area contributed by atoms with E-state index in [4.69, 9.17) is 4.74 Å². The SMILES string of the molecule is COC(=O)C1(C(=O)OC)C2Oc3ccccc3C(=O)C21. The highest BCUT2D eigenvalue weighted by molar-refractivity contribution is 6.17. The number of methoxy groups -OCH3 is 2. The lowest BCUT2D eigenvalue weighted by Gasteiger charge is -2.14. The van der Waals surface area contributed by atoms with Crippen LogP contribution in [0.5, 0.6) is 5.75 Å². The molecule has 1 heterocycles. The van der Waals surface area contributed by atoms with Crippen molar-refractivity contribution < 1.29 is 28.6 Å². The highest BCUT2D eigenvalue weighted by Crippen LogP contribution is 2.60. The summed E-state index contributed by atoms with van der Waals surface area (Å²) in [5.41, 5.74) is -1.32. The highest BCUT2D eigenvalue weighted by atomic mass is 16.6. The maximum Gasteiger partial charge on any atom is 0.328 e. The number of hydrogen-bond donors (Lipinski definition) is 0. The number of rotatable bonds is 2. The van der Waals surface area contributed by atoms with Gasteiger partial charge in [-0.25, -0.2) is 0 Å². The lowest BCUT2D eigenvalue weighted by Crippen LogP contribution is -2.34. The molecule has 0 radical (unpaired) electrons. The van der Waals surface area contributed by atoms with Crippen molar-refractivity contribution in [1.82, 2.24) is 0 Å². The Morgan fingerprint density at radius 3 is 2.35 bits per heavy atom. The van der Waals surface area contributed by atoms with Gasteiger partial charge in [0.05, 0.1) is 25.7 Å². The first-order chi connectivity index (χ1) is 9.58. The molecule has 1 aromatic carbocycles. The first-order valence-corrected chi connectivity index (χ1v) is 6.05. The van der Waals surface area contributed by atoms with E-state index < -0.39 is 29.4 Å². The summed E-state index contributed by atoms with van der Waals surface area (Å²) in [7, 11) is 2.32. The van der Waals surface area contributed by atoms with E-state index >= 15 is 0 Å². The molecule has 104 valence electrons. The molecule has 0 saturated heterocycles. The van der Waals surface area contributed by atoms with Crippen LogP contribution in [0, 0.1) is 11.3 Å². The summed E-state index contributed by atoms with van der Waals surface area (Å²) in [6.07, 6.45) is -0.857. The summed E-state index contributed by atoms with van der Waals surface area (Å²) in [5, 5.41) is 0. The van der Waals surface area contributed by atoms with Crippen LogP contribution in [0.25, 0.3) is 0 Å². The van der Waals surface area contributed by atoms with Crippen LogP contribution in [0.3, 0.4) is 0 Å². The number of carbonyl (C=O) groups is 3. The largest absolute Gasteiger partial charge is 0.487 e. The van der Waals surface area contributed by atoms with Gasteiger partial charge in [0.25, 0.3) is 0 Å². The molecule has 20 heavy (non-hydrogen) atoms. The molecular formula is C14H12O6. The van der Waals surface area contributed by atoms with Crippen molar-refractivity contribution in [3.05, 3.63) is 29.8 Å². The molecule has 0 bridgehead atoms. The number of ether oxygens (including phenoxy) is 3. The van der Waals surface area contributed by atoms with E-state index in [9.17, 15) is 14.4 Å². The number of carbonyl (C=O) groups excluding carboxylic acids is 3. The van der Waals surface area contributed by atoms with Crippen molar-refractivity contribution >= 4 is 17.7 Å². The Balaban J connectivity index is 2.07. The Labute approximate surface area is 114 Å². The van der Waals surface area contributed by atoms with Crippen molar-refractivity contribution in [2.45, 2.75) is 6.10 Å². The van der Waals surface area contributed by atoms with Crippen molar-refractivity contribution in [3.63, 3.8) is 0 Å². The number of para-hydroxylation sites is 1. The van der Waals surface area contributed by atoms with Gasteiger partial charge in [-0.2, -0.15) is 0 Å². The first-order valence-electron chi connectivity index (χ1n) is 6.05. The smallest absolute Gasteiger partial charge is 0.328 e. The molecule has 0 aromatic heterocycles. The van der Waals surface area contributed by atoms with E-state index in [2.05, 4.69) is 9.47 Å². The van der Waals surface area contributed by atoms with Crippen molar-refractivity contribution in [2.75, 3.05) is 14.2 Å². The fourth-order valence-corrected chi connectivity index (χ4v) is 2.85. The third-order valence-corrected chi connectivity index (χ3v) is 3.87. The minimum Gasteiger partial charge on any atom is -0.487 e. The van der Waals surface area contributed by atoms with Crippen molar-refractivity contribution in [2.24, 2.45) is 11.3 Å². The van der Waals surface area contributed by atoms with Gasteiger partial charge in [-0.1, -0.05) is 12.1 Å². The zero-order chi connectivity index (χ0) is 14.5. The molecule has 1 fully saturated rings. The van der Waals surface area contributed by atoms with E-state index in [0.717, 1.165) is 14.2 Å². The minimum atomic E-state index is -1.68.